The Balaban J connectivity index is 1.72. The van der Waals surface area contributed by atoms with E-state index in [0.717, 1.165) is 6.42 Å². The summed E-state index contributed by atoms with van der Waals surface area (Å²) < 4.78 is 24.0. The largest absolute Gasteiger partial charge is 0.481 e. The van der Waals surface area contributed by atoms with E-state index >= 15 is 0 Å². The molecule has 2 N–H and O–H groups in total. The first-order chi connectivity index (χ1) is 13.0. The van der Waals surface area contributed by atoms with Crippen molar-refractivity contribution < 1.29 is 28.6 Å². The number of benzene rings is 1. The van der Waals surface area contributed by atoms with Crippen LogP contribution in [-0.2, 0) is 9.53 Å². The van der Waals surface area contributed by atoms with Gasteiger partial charge in [0.15, 0.2) is 0 Å². The van der Waals surface area contributed by atoms with Crippen LogP contribution in [0.2, 0.25) is 0 Å². The molecule has 142 valence electrons. The van der Waals surface area contributed by atoms with Gasteiger partial charge in [0, 0.05) is 24.2 Å². The lowest BCUT2D eigenvalue weighted by molar-refractivity contribution is -0.137. The number of carbonyl (C=O) groups is 2. The number of amides is 1. The van der Waals surface area contributed by atoms with Crippen molar-refractivity contribution >= 4 is 11.9 Å². The number of carbonyl (C=O) groups excluding carboxylic acids is 1. The normalized spacial score (nSPS) is 17.3. The fourth-order valence-electron chi connectivity index (χ4n) is 2.76. The van der Waals surface area contributed by atoms with Crippen molar-refractivity contribution in [3.8, 4) is 5.88 Å². The lowest BCUT2D eigenvalue weighted by Crippen LogP contribution is -2.30. The van der Waals surface area contributed by atoms with Crippen LogP contribution in [0, 0.1) is 5.82 Å². The summed E-state index contributed by atoms with van der Waals surface area (Å²) in [4.78, 5) is 27.8. The Morgan fingerprint density at radius 3 is 2.78 bits per heavy atom. The van der Waals surface area contributed by atoms with E-state index in [1.807, 2.05) is 0 Å². The van der Waals surface area contributed by atoms with E-state index in [1.54, 1.807) is 0 Å². The van der Waals surface area contributed by atoms with Gasteiger partial charge in [0.25, 0.3) is 5.91 Å². The summed E-state index contributed by atoms with van der Waals surface area (Å²) >= 11 is 0. The number of ether oxygens (including phenoxy) is 2. The topological polar surface area (TPSA) is 97.8 Å². The molecule has 1 aliphatic rings. The molecule has 0 radical (unpaired) electrons. The average Bonchev–Trinajstić information content (AvgIpc) is 3.14. The SMILES string of the molecule is O=C(O)CC(NC(=O)c1ccnc(OC2CCOC2)c1)c1ccc(F)cc1. The molecule has 7 nitrogen and oxygen atoms in total. The summed E-state index contributed by atoms with van der Waals surface area (Å²) in [6, 6.07) is 7.55. The Hall–Kier alpha value is -3.00. The second-order valence-electron chi connectivity index (χ2n) is 6.16. The van der Waals surface area contributed by atoms with Gasteiger partial charge in [-0.05, 0) is 23.8 Å². The van der Waals surface area contributed by atoms with Gasteiger partial charge in [-0.1, -0.05) is 12.1 Å². The van der Waals surface area contributed by atoms with Crippen molar-refractivity contribution in [1.82, 2.24) is 10.3 Å². The summed E-state index contributed by atoms with van der Waals surface area (Å²) in [6.45, 7) is 1.10. The van der Waals surface area contributed by atoms with E-state index in [2.05, 4.69) is 10.3 Å². The van der Waals surface area contributed by atoms with Crippen LogP contribution in [0.1, 0.15) is 34.8 Å². The first-order valence-electron chi connectivity index (χ1n) is 8.50. The smallest absolute Gasteiger partial charge is 0.305 e. The molecule has 2 unspecified atom stereocenters. The maximum Gasteiger partial charge on any atom is 0.305 e. The van der Waals surface area contributed by atoms with Gasteiger partial charge in [0.2, 0.25) is 5.88 Å². The summed E-state index contributed by atoms with van der Waals surface area (Å²) in [5, 5.41) is 11.8. The van der Waals surface area contributed by atoms with E-state index < -0.39 is 23.7 Å². The summed E-state index contributed by atoms with van der Waals surface area (Å²) in [6.07, 6.45) is 1.77. The van der Waals surface area contributed by atoms with E-state index in [4.69, 9.17) is 14.6 Å². The van der Waals surface area contributed by atoms with Crippen LogP contribution in [0.25, 0.3) is 0 Å². The summed E-state index contributed by atoms with van der Waals surface area (Å²) in [5.74, 6) is -1.69. The Bertz CT molecular complexity index is 806. The van der Waals surface area contributed by atoms with Crippen molar-refractivity contribution in [3.63, 3.8) is 0 Å². The third kappa shape index (κ3) is 5.24. The molecule has 1 aromatic heterocycles. The lowest BCUT2D eigenvalue weighted by atomic mass is 10.0. The fraction of sp³-hybridized carbons (Fsp3) is 0.316. The molecule has 1 aliphatic heterocycles. The number of nitrogens with one attached hydrogen (secondary N) is 1. The molecule has 0 saturated carbocycles. The minimum atomic E-state index is -1.08. The molecule has 0 aliphatic carbocycles. The van der Waals surface area contributed by atoms with Gasteiger partial charge in [0.1, 0.15) is 11.9 Å². The molecular formula is C19H19FN2O5. The number of hydrogen-bond acceptors (Lipinski definition) is 5. The molecule has 0 bridgehead atoms. The average molecular weight is 374 g/mol. The van der Waals surface area contributed by atoms with Crippen LogP contribution in [0.4, 0.5) is 4.39 Å². The minimum Gasteiger partial charge on any atom is -0.481 e. The Morgan fingerprint density at radius 2 is 2.11 bits per heavy atom. The first-order valence-corrected chi connectivity index (χ1v) is 8.50. The minimum absolute atomic E-state index is 0.102. The molecule has 1 amide bonds. The van der Waals surface area contributed by atoms with Crippen molar-refractivity contribution in [2.24, 2.45) is 0 Å². The lowest BCUT2D eigenvalue weighted by Gasteiger charge is -2.18. The number of rotatable bonds is 7. The van der Waals surface area contributed by atoms with Gasteiger partial charge in [-0.3, -0.25) is 9.59 Å². The van der Waals surface area contributed by atoms with Crippen molar-refractivity contribution in [2.45, 2.75) is 25.0 Å². The number of carboxylic acids is 1. The number of aromatic nitrogens is 1. The third-order valence-electron chi connectivity index (χ3n) is 4.13. The maximum atomic E-state index is 13.1. The Morgan fingerprint density at radius 1 is 1.33 bits per heavy atom. The number of pyridine rings is 1. The Kier molecular flexibility index (Phi) is 5.97. The van der Waals surface area contributed by atoms with Gasteiger partial charge in [-0.25, -0.2) is 9.37 Å². The molecule has 27 heavy (non-hydrogen) atoms. The quantitative estimate of drug-likeness (QED) is 0.772. The highest BCUT2D eigenvalue weighted by Gasteiger charge is 2.21. The maximum absolute atomic E-state index is 13.1. The van der Waals surface area contributed by atoms with Crippen LogP contribution >= 0.6 is 0 Å². The van der Waals surface area contributed by atoms with Gasteiger partial charge in [-0.15, -0.1) is 0 Å². The fourth-order valence-corrected chi connectivity index (χ4v) is 2.76. The zero-order valence-electron chi connectivity index (χ0n) is 14.4. The highest BCUT2D eigenvalue weighted by atomic mass is 19.1. The molecule has 8 heteroatoms. The van der Waals surface area contributed by atoms with Gasteiger partial charge in [-0.2, -0.15) is 0 Å². The Labute approximate surface area is 155 Å². The van der Waals surface area contributed by atoms with E-state index in [1.165, 1.54) is 42.6 Å². The van der Waals surface area contributed by atoms with Crippen LogP contribution < -0.4 is 10.1 Å². The molecule has 1 aromatic carbocycles. The van der Waals surface area contributed by atoms with Crippen LogP contribution in [0.5, 0.6) is 5.88 Å². The summed E-state index contributed by atoms with van der Waals surface area (Å²) in [7, 11) is 0. The van der Waals surface area contributed by atoms with Crippen molar-refractivity contribution in [1.29, 1.82) is 0 Å². The zero-order valence-corrected chi connectivity index (χ0v) is 14.4. The van der Waals surface area contributed by atoms with Gasteiger partial charge in [0.05, 0.1) is 25.7 Å². The zero-order chi connectivity index (χ0) is 19.2. The standard InChI is InChI=1S/C19H19FN2O5/c20-14-3-1-12(2-4-14)16(10-18(23)24)22-19(25)13-5-7-21-17(9-13)27-15-6-8-26-11-15/h1-5,7,9,15-16H,6,8,10-11H2,(H,22,25)(H,23,24). The molecule has 2 heterocycles. The second kappa shape index (κ2) is 8.59. The predicted molar refractivity (Wildman–Crippen MR) is 92.9 cm³/mol. The van der Waals surface area contributed by atoms with Crippen LogP contribution in [0.3, 0.4) is 0 Å². The molecule has 2 aromatic rings. The number of nitrogens with zero attached hydrogens (tertiary/aromatic N) is 1. The number of aliphatic carboxylic acids is 1. The number of hydrogen-bond donors (Lipinski definition) is 2. The van der Waals surface area contributed by atoms with Crippen molar-refractivity contribution in [3.05, 3.63) is 59.5 Å². The molecule has 1 saturated heterocycles. The van der Waals surface area contributed by atoms with Crippen molar-refractivity contribution in [2.75, 3.05) is 13.2 Å². The molecular weight excluding hydrogens is 355 g/mol. The second-order valence-corrected chi connectivity index (χ2v) is 6.16. The summed E-state index contributed by atoms with van der Waals surface area (Å²) in [5.41, 5.74) is 0.789. The monoisotopic (exact) mass is 374 g/mol. The van der Waals surface area contributed by atoms with E-state index in [-0.39, 0.29) is 18.1 Å². The number of carboxylic acid groups (broad SMARTS) is 1. The highest BCUT2D eigenvalue weighted by Crippen LogP contribution is 2.20. The highest BCUT2D eigenvalue weighted by molar-refractivity contribution is 5.94. The van der Waals surface area contributed by atoms with Gasteiger partial charge < -0.3 is 19.9 Å². The molecule has 0 spiro atoms. The van der Waals surface area contributed by atoms with E-state index in [9.17, 15) is 14.0 Å². The third-order valence-corrected chi connectivity index (χ3v) is 4.13. The van der Waals surface area contributed by atoms with Crippen LogP contribution in [-0.4, -0.2) is 41.3 Å². The molecule has 1 fully saturated rings. The van der Waals surface area contributed by atoms with E-state index in [0.29, 0.717) is 24.7 Å². The molecule has 2 atom stereocenters. The molecule has 3 rings (SSSR count). The predicted octanol–water partition coefficient (Wildman–Crippen LogP) is 2.33. The van der Waals surface area contributed by atoms with Gasteiger partial charge >= 0.3 is 5.97 Å². The number of halogens is 1. The van der Waals surface area contributed by atoms with Crippen LogP contribution in [0.15, 0.2) is 42.6 Å². The first kappa shape index (κ1) is 18.8.